The van der Waals surface area contributed by atoms with Crippen LogP contribution in [0.15, 0.2) is 36.4 Å². The number of ether oxygens (including phenoxy) is 1. The molecule has 2 aromatic carbocycles. The van der Waals surface area contributed by atoms with Crippen LogP contribution < -0.4 is 9.64 Å². The SMILES string of the molecule is O=C1c2ccccc2C(=O)N1c1cc(F)c(OCC2CC2)c(F)c1. The Hall–Kier alpha value is -2.76. The number of nitrogens with zero attached hydrogens (tertiary/aromatic N) is 1. The summed E-state index contributed by atoms with van der Waals surface area (Å²) in [5.41, 5.74) is 0.296. The number of fused-ring (bicyclic) bond motifs is 1. The number of imide groups is 1. The van der Waals surface area contributed by atoms with Gasteiger partial charge in [0.05, 0.1) is 23.4 Å². The lowest BCUT2D eigenvalue weighted by molar-refractivity contribution is 0.0926. The Bertz CT molecular complexity index is 803. The predicted molar refractivity (Wildman–Crippen MR) is 82.2 cm³/mol. The van der Waals surface area contributed by atoms with Gasteiger partial charge in [0.1, 0.15) is 0 Å². The van der Waals surface area contributed by atoms with Crippen LogP contribution in [0.5, 0.6) is 5.75 Å². The molecule has 0 spiro atoms. The summed E-state index contributed by atoms with van der Waals surface area (Å²) in [5, 5.41) is 0. The second kappa shape index (κ2) is 5.40. The molecule has 122 valence electrons. The molecule has 6 heteroatoms. The number of hydrogen-bond donors (Lipinski definition) is 0. The van der Waals surface area contributed by atoms with Crippen molar-refractivity contribution in [2.24, 2.45) is 5.92 Å². The zero-order valence-corrected chi connectivity index (χ0v) is 12.6. The van der Waals surface area contributed by atoms with E-state index in [0.717, 1.165) is 29.9 Å². The molecular weight excluding hydrogens is 316 g/mol. The molecule has 4 nitrogen and oxygen atoms in total. The molecule has 0 N–H and O–H groups in total. The van der Waals surface area contributed by atoms with Crippen LogP contribution in [0.4, 0.5) is 14.5 Å². The van der Waals surface area contributed by atoms with E-state index in [1.54, 1.807) is 12.1 Å². The minimum Gasteiger partial charge on any atom is -0.487 e. The molecule has 1 aliphatic carbocycles. The summed E-state index contributed by atoms with van der Waals surface area (Å²) in [5.74, 6) is -3.17. The summed E-state index contributed by atoms with van der Waals surface area (Å²) in [4.78, 5) is 25.5. The number of anilines is 1. The molecule has 1 aliphatic heterocycles. The number of carbonyl (C=O) groups is 2. The lowest BCUT2D eigenvalue weighted by Gasteiger charge is -2.16. The van der Waals surface area contributed by atoms with Gasteiger partial charge in [0.15, 0.2) is 17.4 Å². The van der Waals surface area contributed by atoms with E-state index >= 15 is 0 Å². The number of carbonyl (C=O) groups excluding carboxylic acids is 2. The average Bonchev–Trinajstić information content (AvgIpc) is 3.34. The molecule has 4 rings (SSSR count). The minimum atomic E-state index is -0.929. The fraction of sp³-hybridized carbons (Fsp3) is 0.222. The highest BCUT2D eigenvalue weighted by Crippen LogP contribution is 2.35. The van der Waals surface area contributed by atoms with Crippen molar-refractivity contribution in [1.82, 2.24) is 0 Å². The van der Waals surface area contributed by atoms with Crippen LogP contribution in [0, 0.1) is 17.6 Å². The van der Waals surface area contributed by atoms with E-state index in [0.29, 0.717) is 5.92 Å². The molecule has 0 radical (unpaired) electrons. The predicted octanol–water partition coefficient (Wildman–Crippen LogP) is 3.55. The smallest absolute Gasteiger partial charge is 0.266 e. The summed E-state index contributed by atoms with van der Waals surface area (Å²) in [6, 6.07) is 8.18. The molecule has 2 aliphatic rings. The number of amides is 2. The Morgan fingerprint density at radius 1 is 1.00 bits per heavy atom. The maximum absolute atomic E-state index is 14.2. The van der Waals surface area contributed by atoms with Crippen molar-refractivity contribution in [3.8, 4) is 5.75 Å². The zero-order valence-electron chi connectivity index (χ0n) is 12.6. The van der Waals surface area contributed by atoms with Crippen LogP contribution in [-0.4, -0.2) is 18.4 Å². The van der Waals surface area contributed by atoms with Gasteiger partial charge in [-0.05, 0) is 30.9 Å². The molecule has 0 bridgehead atoms. The Labute approximate surface area is 136 Å². The third-order valence-electron chi connectivity index (χ3n) is 4.20. The summed E-state index contributed by atoms with van der Waals surface area (Å²) in [7, 11) is 0. The molecule has 24 heavy (non-hydrogen) atoms. The van der Waals surface area contributed by atoms with Crippen LogP contribution >= 0.6 is 0 Å². The first-order valence-electron chi connectivity index (χ1n) is 7.66. The fourth-order valence-corrected chi connectivity index (χ4v) is 2.72. The van der Waals surface area contributed by atoms with Crippen molar-refractivity contribution in [1.29, 1.82) is 0 Å². The third kappa shape index (κ3) is 2.35. The van der Waals surface area contributed by atoms with Crippen molar-refractivity contribution < 1.29 is 23.1 Å². The molecule has 0 atom stereocenters. The van der Waals surface area contributed by atoms with Gasteiger partial charge in [-0.15, -0.1) is 0 Å². The molecule has 1 fully saturated rings. The van der Waals surface area contributed by atoms with E-state index in [4.69, 9.17) is 4.74 Å². The second-order valence-corrected chi connectivity index (χ2v) is 5.98. The minimum absolute atomic E-state index is 0.144. The molecule has 0 aromatic heterocycles. The summed E-state index contributed by atoms with van der Waals surface area (Å²) in [6.07, 6.45) is 1.99. The van der Waals surface area contributed by atoms with Gasteiger partial charge in [-0.3, -0.25) is 9.59 Å². The summed E-state index contributed by atoms with van der Waals surface area (Å²) in [6.45, 7) is 0.264. The lowest BCUT2D eigenvalue weighted by atomic mass is 10.1. The maximum Gasteiger partial charge on any atom is 0.266 e. The normalized spacial score (nSPS) is 16.5. The van der Waals surface area contributed by atoms with Gasteiger partial charge in [-0.1, -0.05) is 12.1 Å². The van der Waals surface area contributed by atoms with Crippen LogP contribution in [0.2, 0.25) is 0 Å². The third-order valence-corrected chi connectivity index (χ3v) is 4.20. The van der Waals surface area contributed by atoms with Gasteiger partial charge < -0.3 is 4.74 Å². The summed E-state index contributed by atoms with van der Waals surface area (Å²) >= 11 is 0. The van der Waals surface area contributed by atoms with Crippen LogP contribution in [0.1, 0.15) is 33.6 Å². The molecule has 0 saturated heterocycles. The van der Waals surface area contributed by atoms with E-state index in [-0.39, 0.29) is 23.4 Å². The molecule has 1 saturated carbocycles. The zero-order chi connectivity index (χ0) is 16.8. The van der Waals surface area contributed by atoms with Gasteiger partial charge in [-0.25, -0.2) is 13.7 Å². The first-order valence-corrected chi connectivity index (χ1v) is 7.66. The number of benzene rings is 2. The van der Waals surface area contributed by atoms with Gasteiger partial charge in [0, 0.05) is 12.1 Å². The highest BCUT2D eigenvalue weighted by Gasteiger charge is 2.37. The van der Waals surface area contributed by atoms with E-state index in [9.17, 15) is 18.4 Å². The van der Waals surface area contributed by atoms with Crippen molar-refractivity contribution in [2.45, 2.75) is 12.8 Å². The molecule has 0 unspecified atom stereocenters. The van der Waals surface area contributed by atoms with Gasteiger partial charge in [0.2, 0.25) is 0 Å². The first-order chi connectivity index (χ1) is 11.6. The first kappa shape index (κ1) is 14.8. The highest BCUT2D eigenvalue weighted by molar-refractivity contribution is 6.34. The van der Waals surface area contributed by atoms with E-state index in [1.807, 2.05) is 0 Å². The Morgan fingerprint density at radius 2 is 1.54 bits per heavy atom. The van der Waals surface area contributed by atoms with Crippen molar-refractivity contribution in [3.05, 3.63) is 59.2 Å². The highest BCUT2D eigenvalue weighted by atomic mass is 19.1. The maximum atomic E-state index is 14.2. The van der Waals surface area contributed by atoms with E-state index in [1.165, 1.54) is 12.1 Å². The van der Waals surface area contributed by atoms with E-state index in [2.05, 4.69) is 0 Å². The Balaban J connectivity index is 1.67. The van der Waals surface area contributed by atoms with Gasteiger partial charge in [-0.2, -0.15) is 0 Å². The molecule has 2 aromatic rings. The van der Waals surface area contributed by atoms with Crippen molar-refractivity contribution in [3.63, 3.8) is 0 Å². The average molecular weight is 329 g/mol. The van der Waals surface area contributed by atoms with E-state index < -0.39 is 29.2 Å². The number of rotatable bonds is 4. The van der Waals surface area contributed by atoms with Gasteiger partial charge in [0.25, 0.3) is 11.8 Å². The largest absolute Gasteiger partial charge is 0.487 e. The van der Waals surface area contributed by atoms with Crippen molar-refractivity contribution in [2.75, 3.05) is 11.5 Å². The van der Waals surface area contributed by atoms with Crippen LogP contribution in [0.25, 0.3) is 0 Å². The second-order valence-electron chi connectivity index (χ2n) is 5.98. The topological polar surface area (TPSA) is 46.6 Å². The van der Waals surface area contributed by atoms with Crippen LogP contribution in [0.3, 0.4) is 0 Å². The lowest BCUT2D eigenvalue weighted by Crippen LogP contribution is -2.29. The standard InChI is InChI=1S/C18H13F2NO3/c19-14-7-11(8-15(20)16(14)24-9-10-5-6-10)21-17(22)12-3-1-2-4-13(12)18(21)23/h1-4,7-8,10H,5-6,9H2. The number of hydrogen-bond acceptors (Lipinski definition) is 3. The van der Waals surface area contributed by atoms with Crippen molar-refractivity contribution >= 4 is 17.5 Å². The van der Waals surface area contributed by atoms with Gasteiger partial charge >= 0.3 is 0 Å². The monoisotopic (exact) mass is 329 g/mol. The molecular formula is C18H13F2NO3. The quantitative estimate of drug-likeness (QED) is 0.806. The number of halogens is 2. The van der Waals surface area contributed by atoms with Crippen LogP contribution in [-0.2, 0) is 0 Å². The Morgan fingerprint density at radius 3 is 2.04 bits per heavy atom. The summed E-state index contributed by atoms with van der Waals surface area (Å²) < 4.78 is 33.6. The Kier molecular flexibility index (Phi) is 3.33. The molecule has 2 amide bonds. The fourth-order valence-electron chi connectivity index (χ4n) is 2.72. The molecule has 1 heterocycles.